The fourth-order valence-corrected chi connectivity index (χ4v) is 3.24. The van der Waals surface area contributed by atoms with Crippen molar-refractivity contribution in [1.82, 2.24) is 9.80 Å². The van der Waals surface area contributed by atoms with Gasteiger partial charge in [-0.05, 0) is 31.5 Å². The Bertz CT molecular complexity index is 444. The van der Waals surface area contributed by atoms with E-state index < -0.39 is 6.09 Å². The molecule has 2 aliphatic rings. The smallest absolute Gasteiger partial charge is 0.407 e. The molecule has 0 bridgehead atoms. The topological polar surface area (TPSA) is 43.8 Å². The molecule has 2 saturated heterocycles. The van der Waals surface area contributed by atoms with Crippen molar-refractivity contribution in [3.05, 3.63) is 35.9 Å². The summed E-state index contributed by atoms with van der Waals surface area (Å²) in [5, 5.41) is 8.91. The van der Waals surface area contributed by atoms with E-state index >= 15 is 0 Å². The summed E-state index contributed by atoms with van der Waals surface area (Å²) in [6.45, 7) is 4.66. The average Bonchev–Trinajstić information content (AvgIpc) is 2.38. The second-order valence-corrected chi connectivity index (χ2v) is 5.90. The highest BCUT2D eigenvalue weighted by Gasteiger charge is 2.46. The zero-order chi connectivity index (χ0) is 13.3. The van der Waals surface area contributed by atoms with Crippen LogP contribution in [-0.4, -0.2) is 47.2 Å². The highest BCUT2D eigenvalue weighted by atomic mass is 16.4. The van der Waals surface area contributed by atoms with Crippen molar-refractivity contribution in [2.45, 2.75) is 19.4 Å². The molecular formula is C15H20N2O2. The maximum absolute atomic E-state index is 10.8. The van der Waals surface area contributed by atoms with E-state index in [1.54, 1.807) is 0 Å². The largest absolute Gasteiger partial charge is 0.465 e. The molecular weight excluding hydrogens is 240 g/mol. The Hall–Kier alpha value is -1.55. The number of nitrogens with zero attached hydrogens (tertiary/aromatic N) is 2. The summed E-state index contributed by atoms with van der Waals surface area (Å²) in [4.78, 5) is 14.8. The quantitative estimate of drug-likeness (QED) is 0.887. The predicted molar refractivity (Wildman–Crippen MR) is 73.0 cm³/mol. The molecule has 102 valence electrons. The minimum absolute atomic E-state index is 0.283. The summed E-state index contributed by atoms with van der Waals surface area (Å²) in [6, 6.07) is 10.5. The standard InChI is InChI=1S/C15H20N2O2/c18-14(19)17-11-15(12-17)6-8-16(9-7-15)10-13-4-2-1-3-5-13/h1-5H,6-12H2,(H,18,19). The molecule has 1 aromatic carbocycles. The third kappa shape index (κ3) is 2.59. The number of benzene rings is 1. The molecule has 0 radical (unpaired) electrons. The molecule has 2 fully saturated rings. The van der Waals surface area contributed by atoms with Crippen LogP contribution in [-0.2, 0) is 6.54 Å². The lowest BCUT2D eigenvalue weighted by Gasteiger charge is -2.52. The average molecular weight is 260 g/mol. The number of likely N-dealkylation sites (tertiary alicyclic amines) is 2. The van der Waals surface area contributed by atoms with Gasteiger partial charge in [0.15, 0.2) is 0 Å². The summed E-state index contributed by atoms with van der Waals surface area (Å²) in [7, 11) is 0. The lowest BCUT2D eigenvalue weighted by atomic mass is 9.72. The second kappa shape index (κ2) is 4.85. The molecule has 0 unspecified atom stereocenters. The number of carboxylic acid groups (broad SMARTS) is 1. The summed E-state index contributed by atoms with van der Waals surface area (Å²) < 4.78 is 0. The molecule has 0 saturated carbocycles. The van der Waals surface area contributed by atoms with Crippen LogP contribution in [0.15, 0.2) is 30.3 Å². The van der Waals surface area contributed by atoms with E-state index in [2.05, 4.69) is 29.2 Å². The minimum atomic E-state index is -0.766. The maximum Gasteiger partial charge on any atom is 0.407 e. The Kier molecular flexibility index (Phi) is 3.19. The molecule has 19 heavy (non-hydrogen) atoms. The van der Waals surface area contributed by atoms with Gasteiger partial charge in [-0.2, -0.15) is 0 Å². The Morgan fingerprint density at radius 3 is 2.37 bits per heavy atom. The monoisotopic (exact) mass is 260 g/mol. The van der Waals surface area contributed by atoms with Crippen LogP contribution >= 0.6 is 0 Å². The molecule has 1 amide bonds. The zero-order valence-corrected chi connectivity index (χ0v) is 11.1. The summed E-state index contributed by atoms with van der Waals surface area (Å²) >= 11 is 0. The first kappa shape index (κ1) is 12.5. The van der Waals surface area contributed by atoms with Crippen molar-refractivity contribution in [1.29, 1.82) is 0 Å². The number of rotatable bonds is 2. The number of piperidine rings is 1. The number of carbonyl (C=O) groups is 1. The predicted octanol–water partition coefficient (Wildman–Crippen LogP) is 2.26. The molecule has 4 nitrogen and oxygen atoms in total. The minimum Gasteiger partial charge on any atom is -0.465 e. The Morgan fingerprint density at radius 1 is 1.16 bits per heavy atom. The molecule has 1 spiro atoms. The number of hydrogen-bond acceptors (Lipinski definition) is 2. The van der Waals surface area contributed by atoms with Gasteiger partial charge in [0.2, 0.25) is 0 Å². The van der Waals surface area contributed by atoms with Crippen molar-refractivity contribution in [3.8, 4) is 0 Å². The molecule has 4 heteroatoms. The highest BCUT2D eigenvalue weighted by molar-refractivity contribution is 5.66. The van der Waals surface area contributed by atoms with Gasteiger partial charge in [-0.25, -0.2) is 4.79 Å². The van der Waals surface area contributed by atoms with Crippen LogP contribution in [0.5, 0.6) is 0 Å². The Morgan fingerprint density at radius 2 is 1.79 bits per heavy atom. The van der Waals surface area contributed by atoms with Crippen LogP contribution in [0.3, 0.4) is 0 Å². The van der Waals surface area contributed by atoms with E-state index in [0.29, 0.717) is 0 Å². The van der Waals surface area contributed by atoms with E-state index in [1.807, 2.05) is 6.07 Å². The van der Waals surface area contributed by atoms with Crippen LogP contribution in [0.25, 0.3) is 0 Å². The van der Waals surface area contributed by atoms with Gasteiger partial charge >= 0.3 is 6.09 Å². The van der Waals surface area contributed by atoms with E-state index in [9.17, 15) is 4.79 Å². The number of hydrogen-bond donors (Lipinski definition) is 1. The molecule has 0 aromatic heterocycles. The molecule has 2 heterocycles. The summed E-state index contributed by atoms with van der Waals surface area (Å²) in [5.41, 5.74) is 1.64. The lowest BCUT2D eigenvalue weighted by molar-refractivity contribution is -0.0352. The third-order valence-corrected chi connectivity index (χ3v) is 4.49. The molecule has 1 N–H and O–H groups in total. The van der Waals surface area contributed by atoms with E-state index in [4.69, 9.17) is 5.11 Å². The van der Waals surface area contributed by atoms with E-state index in [1.165, 1.54) is 10.5 Å². The highest BCUT2D eigenvalue weighted by Crippen LogP contribution is 2.40. The lowest BCUT2D eigenvalue weighted by Crippen LogP contribution is -2.61. The van der Waals surface area contributed by atoms with E-state index in [0.717, 1.165) is 45.6 Å². The van der Waals surface area contributed by atoms with Crippen molar-refractivity contribution >= 4 is 6.09 Å². The molecule has 1 aromatic rings. The van der Waals surface area contributed by atoms with Gasteiger partial charge in [0.05, 0.1) is 0 Å². The fraction of sp³-hybridized carbons (Fsp3) is 0.533. The Labute approximate surface area is 113 Å². The normalized spacial score (nSPS) is 22.2. The van der Waals surface area contributed by atoms with Crippen LogP contribution in [0.4, 0.5) is 4.79 Å². The molecule has 0 atom stereocenters. The van der Waals surface area contributed by atoms with Gasteiger partial charge in [0, 0.05) is 25.0 Å². The van der Waals surface area contributed by atoms with E-state index in [-0.39, 0.29) is 5.41 Å². The van der Waals surface area contributed by atoms with Gasteiger partial charge in [0.25, 0.3) is 0 Å². The van der Waals surface area contributed by atoms with Crippen LogP contribution in [0.2, 0.25) is 0 Å². The Balaban J connectivity index is 1.49. The third-order valence-electron chi connectivity index (χ3n) is 4.49. The van der Waals surface area contributed by atoms with Crippen LogP contribution in [0, 0.1) is 5.41 Å². The molecule has 0 aliphatic carbocycles. The summed E-state index contributed by atoms with van der Waals surface area (Å²) in [6.07, 6.45) is 1.49. The summed E-state index contributed by atoms with van der Waals surface area (Å²) in [5.74, 6) is 0. The molecule has 3 rings (SSSR count). The first-order valence-electron chi connectivity index (χ1n) is 6.91. The van der Waals surface area contributed by atoms with Crippen LogP contribution < -0.4 is 0 Å². The van der Waals surface area contributed by atoms with Gasteiger partial charge in [-0.3, -0.25) is 4.90 Å². The first-order chi connectivity index (χ1) is 9.17. The van der Waals surface area contributed by atoms with Gasteiger partial charge < -0.3 is 10.0 Å². The first-order valence-corrected chi connectivity index (χ1v) is 6.91. The van der Waals surface area contributed by atoms with Crippen molar-refractivity contribution in [2.24, 2.45) is 5.41 Å². The van der Waals surface area contributed by atoms with Crippen molar-refractivity contribution in [3.63, 3.8) is 0 Å². The second-order valence-electron chi connectivity index (χ2n) is 5.90. The zero-order valence-electron chi connectivity index (χ0n) is 11.1. The van der Waals surface area contributed by atoms with Crippen molar-refractivity contribution < 1.29 is 9.90 Å². The fourth-order valence-electron chi connectivity index (χ4n) is 3.24. The van der Waals surface area contributed by atoms with Gasteiger partial charge in [0.1, 0.15) is 0 Å². The molecule has 2 aliphatic heterocycles. The van der Waals surface area contributed by atoms with Gasteiger partial charge in [-0.1, -0.05) is 30.3 Å². The van der Waals surface area contributed by atoms with Crippen LogP contribution in [0.1, 0.15) is 18.4 Å². The van der Waals surface area contributed by atoms with Gasteiger partial charge in [-0.15, -0.1) is 0 Å². The van der Waals surface area contributed by atoms with Crippen molar-refractivity contribution in [2.75, 3.05) is 26.2 Å². The SMILES string of the molecule is O=C(O)N1CC2(CCN(Cc3ccccc3)CC2)C1. The maximum atomic E-state index is 10.8. The number of amides is 1.